The van der Waals surface area contributed by atoms with Crippen LogP contribution in [-0.2, 0) is 28.5 Å². The number of likely N-dealkylation sites (tertiary alicyclic amines) is 1. The van der Waals surface area contributed by atoms with E-state index < -0.39 is 16.1 Å². The van der Waals surface area contributed by atoms with Crippen LogP contribution in [-0.4, -0.2) is 114 Å². The number of carbonyl (C=O) groups excluding carboxylic acids is 2. The SMILES string of the molecule is COc1ccc2c(c1)C=C(c1c(C(=O)N3C[C@@H]4CC[C@@H](C3)N4C)cnn1C)Cn1c-2c(C2CCCCC2)c2ccc(C(=O)NS(=O)(=O)N3CCOCC3)cc21. The Morgan fingerprint density at radius 3 is 2.40 bits per heavy atom. The van der Waals surface area contributed by atoms with Gasteiger partial charge in [0.2, 0.25) is 0 Å². The number of benzene rings is 2. The molecule has 3 saturated heterocycles. The molecule has 55 heavy (non-hydrogen) atoms. The maximum absolute atomic E-state index is 14.4. The highest BCUT2D eigenvalue weighted by molar-refractivity contribution is 7.87. The normalized spacial score (nSPS) is 22.2. The second kappa shape index (κ2) is 14.2. The van der Waals surface area contributed by atoms with E-state index in [1.807, 2.05) is 30.1 Å². The third-order valence-corrected chi connectivity index (χ3v) is 14.2. The van der Waals surface area contributed by atoms with Crippen molar-refractivity contribution >= 4 is 44.6 Å². The van der Waals surface area contributed by atoms with Gasteiger partial charge in [-0.25, -0.2) is 4.72 Å². The Labute approximate surface area is 322 Å². The van der Waals surface area contributed by atoms with Gasteiger partial charge in [-0.2, -0.15) is 17.8 Å². The molecule has 2 atom stereocenters. The van der Waals surface area contributed by atoms with E-state index in [0.29, 0.717) is 43.2 Å². The molecule has 4 fully saturated rings. The fraction of sp³-hybridized carbons (Fsp3) is 0.488. The zero-order chi connectivity index (χ0) is 38.0. The second-order valence-electron chi connectivity index (χ2n) is 15.8. The van der Waals surface area contributed by atoms with Crippen molar-refractivity contribution in [2.75, 3.05) is 53.6 Å². The Hall–Kier alpha value is -4.50. The zero-order valence-electron chi connectivity index (χ0n) is 31.8. The first-order chi connectivity index (χ1) is 26.6. The summed E-state index contributed by atoms with van der Waals surface area (Å²) in [6.07, 6.45) is 11.7. The maximum atomic E-state index is 14.4. The van der Waals surface area contributed by atoms with E-state index in [1.165, 1.54) is 16.3 Å². The highest BCUT2D eigenvalue weighted by Crippen LogP contribution is 2.48. The number of aromatic nitrogens is 3. The lowest BCUT2D eigenvalue weighted by atomic mass is 9.81. The minimum absolute atomic E-state index is 0.00923. The van der Waals surface area contributed by atoms with Crippen molar-refractivity contribution in [1.82, 2.24) is 33.2 Å². The lowest BCUT2D eigenvalue weighted by Gasteiger charge is -2.38. The van der Waals surface area contributed by atoms with E-state index in [2.05, 4.69) is 44.5 Å². The minimum atomic E-state index is -4.06. The summed E-state index contributed by atoms with van der Waals surface area (Å²) in [5, 5.41) is 5.71. The fourth-order valence-corrected chi connectivity index (χ4v) is 10.9. The number of hydrogen-bond acceptors (Lipinski definition) is 8. The van der Waals surface area contributed by atoms with Crippen LogP contribution >= 0.6 is 0 Å². The molecule has 1 aliphatic carbocycles. The molecular formula is C41H49N7O6S. The van der Waals surface area contributed by atoms with E-state index in [1.54, 1.807) is 24.1 Å². The minimum Gasteiger partial charge on any atom is -0.497 e. The van der Waals surface area contributed by atoms with Gasteiger partial charge in [-0.1, -0.05) is 25.3 Å². The number of likely N-dealkylation sites (N-methyl/N-ethyl adjacent to an activating group) is 1. The second-order valence-corrected chi connectivity index (χ2v) is 17.4. The number of amides is 2. The molecule has 14 heteroatoms. The summed E-state index contributed by atoms with van der Waals surface area (Å²) in [6.45, 7) is 2.74. The number of carbonyl (C=O) groups is 2. The molecule has 4 aliphatic heterocycles. The average molecular weight is 768 g/mol. The molecule has 2 amide bonds. The molecule has 290 valence electrons. The van der Waals surface area contributed by atoms with Crippen LogP contribution in [0.3, 0.4) is 0 Å². The van der Waals surface area contributed by atoms with Crippen molar-refractivity contribution in [3.05, 3.63) is 70.5 Å². The average Bonchev–Trinajstić information content (AvgIpc) is 3.74. The van der Waals surface area contributed by atoms with Gasteiger partial charge >= 0.3 is 10.2 Å². The van der Waals surface area contributed by atoms with Crippen molar-refractivity contribution in [2.24, 2.45) is 7.05 Å². The number of piperazine rings is 1. The highest BCUT2D eigenvalue weighted by Gasteiger charge is 2.40. The van der Waals surface area contributed by atoms with Gasteiger partial charge in [0.05, 0.1) is 50.0 Å². The van der Waals surface area contributed by atoms with Gasteiger partial charge in [-0.3, -0.25) is 19.2 Å². The number of hydrogen-bond donors (Lipinski definition) is 1. The Morgan fingerprint density at radius 1 is 0.927 bits per heavy atom. The summed E-state index contributed by atoms with van der Waals surface area (Å²) in [7, 11) is 1.66. The predicted molar refractivity (Wildman–Crippen MR) is 210 cm³/mol. The van der Waals surface area contributed by atoms with Gasteiger partial charge in [0.25, 0.3) is 11.8 Å². The molecule has 2 aromatic carbocycles. The van der Waals surface area contributed by atoms with E-state index in [9.17, 15) is 18.0 Å². The van der Waals surface area contributed by atoms with E-state index in [0.717, 1.165) is 83.3 Å². The van der Waals surface area contributed by atoms with Gasteiger partial charge in [-0.05, 0) is 91.8 Å². The molecule has 9 rings (SSSR count). The maximum Gasteiger partial charge on any atom is 0.304 e. The van der Waals surface area contributed by atoms with Gasteiger partial charge in [0, 0.05) is 67.3 Å². The van der Waals surface area contributed by atoms with Gasteiger partial charge in [0.15, 0.2) is 0 Å². The van der Waals surface area contributed by atoms with Crippen molar-refractivity contribution in [2.45, 2.75) is 69.5 Å². The first kappa shape index (κ1) is 36.2. The quantitative estimate of drug-likeness (QED) is 0.282. The summed E-state index contributed by atoms with van der Waals surface area (Å²) < 4.78 is 45.2. The third-order valence-electron chi connectivity index (χ3n) is 12.7. The van der Waals surface area contributed by atoms with Crippen LogP contribution < -0.4 is 9.46 Å². The Kier molecular flexibility index (Phi) is 9.35. The number of methoxy groups -OCH3 is 1. The molecule has 13 nitrogen and oxygen atoms in total. The molecular weight excluding hydrogens is 719 g/mol. The molecule has 2 bridgehead atoms. The highest BCUT2D eigenvalue weighted by atomic mass is 32.2. The number of rotatable bonds is 7. The first-order valence-electron chi connectivity index (χ1n) is 19.6. The summed E-state index contributed by atoms with van der Waals surface area (Å²) in [4.78, 5) is 32.6. The van der Waals surface area contributed by atoms with Crippen LogP contribution in [0.4, 0.5) is 0 Å². The Bertz CT molecular complexity index is 2300. The lowest BCUT2D eigenvalue weighted by molar-refractivity contribution is 0.0523. The molecule has 0 radical (unpaired) electrons. The lowest BCUT2D eigenvalue weighted by Crippen LogP contribution is -2.53. The summed E-state index contributed by atoms with van der Waals surface area (Å²) in [5.74, 6) is 0.350. The molecule has 4 aromatic rings. The molecule has 6 heterocycles. The molecule has 2 aromatic heterocycles. The first-order valence-corrected chi connectivity index (χ1v) is 21.0. The fourth-order valence-electron chi connectivity index (χ4n) is 9.78. The largest absolute Gasteiger partial charge is 0.497 e. The van der Waals surface area contributed by atoms with Gasteiger partial charge in [0.1, 0.15) is 5.75 Å². The van der Waals surface area contributed by atoms with Crippen LogP contribution in [0, 0.1) is 0 Å². The number of morpholine rings is 1. The molecule has 0 spiro atoms. The van der Waals surface area contributed by atoms with E-state index in [-0.39, 0.29) is 37.8 Å². The summed E-state index contributed by atoms with van der Waals surface area (Å²) >= 11 is 0. The smallest absolute Gasteiger partial charge is 0.304 e. The third kappa shape index (κ3) is 6.36. The number of fused-ring (bicyclic) bond motifs is 7. The molecule has 5 aliphatic rings. The molecule has 1 saturated carbocycles. The standard InChI is InChI=1S/C41H49N7O6S/c1-44-30-10-11-31(44)25-46(24-30)41(50)35-22-42-45(2)38(35)29-19-28-20-32(53-3)12-14-33(28)39-37(26-7-5-4-6-8-26)34-13-9-27(21-36(34)48(39)23-29)40(49)43-55(51,52)47-15-17-54-18-16-47/h9,12-14,19-22,26,30-31H,4-8,10-11,15-18,23-25H2,1-3H3,(H,43,49)/t30-,31-/m0/s1. The van der Waals surface area contributed by atoms with Gasteiger partial charge in [-0.15, -0.1) is 0 Å². The van der Waals surface area contributed by atoms with Crippen LogP contribution in [0.5, 0.6) is 5.75 Å². The van der Waals surface area contributed by atoms with Crippen LogP contribution in [0.25, 0.3) is 33.8 Å². The Morgan fingerprint density at radius 2 is 1.67 bits per heavy atom. The number of allylic oxidation sites excluding steroid dienone is 1. The molecule has 1 N–H and O–H groups in total. The van der Waals surface area contributed by atoms with Crippen molar-refractivity contribution in [3.63, 3.8) is 0 Å². The number of aryl methyl sites for hydroxylation is 1. The van der Waals surface area contributed by atoms with E-state index >= 15 is 0 Å². The van der Waals surface area contributed by atoms with Gasteiger partial charge < -0.3 is 18.9 Å². The van der Waals surface area contributed by atoms with E-state index in [4.69, 9.17) is 9.47 Å². The number of nitrogens with one attached hydrogen (secondary N) is 1. The monoisotopic (exact) mass is 767 g/mol. The predicted octanol–water partition coefficient (Wildman–Crippen LogP) is 4.88. The van der Waals surface area contributed by atoms with Crippen LogP contribution in [0.1, 0.15) is 88.4 Å². The van der Waals surface area contributed by atoms with Crippen molar-refractivity contribution in [3.8, 4) is 17.0 Å². The topological polar surface area (TPSA) is 131 Å². The number of ether oxygens (including phenoxy) is 2. The number of nitrogens with zero attached hydrogens (tertiary/aromatic N) is 6. The summed E-state index contributed by atoms with van der Waals surface area (Å²) in [6, 6.07) is 12.4. The van der Waals surface area contributed by atoms with Crippen molar-refractivity contribution in [1.29, 1.82) is 0 Å². The van der Waals surface area contributed by atoms with Crippen molar-refractivity contribution < 1.29 is 27.5 Å². The molecule has 0 unspecified atom stereocenters. The summed E-state index contributed by atoms with van der Waals surface area (Å²) in [5.41, 5.74) is 7.67. The Balaban J connectivity index is 1.18. The van der Waals surface area contributed by atoms with Crippen LogP contribution in [0.15, 0.2) is 42.6 Å². The zero-order valence-corrected chi connectivity index (χ0v) is 32.6. The van der Waals surface area contributed by atoms with Crippen LogP contribution in [0.2, 0.25) is 0 Å².